The molecule has 1 saturated heterocycles. The molecule has 2 aromatic carbocycles. The molecule has 2 unspecified atom stereocenters. The highest BCUT2D eigenvalue weighted by atomic mass is 16.5. The van der Waals surface area contributed by atoms with Gasteiger partial charge in [0.15, 0.2) is 0 Å². The molecule has 0 radical (unpaired) electrons. The van der Waals surface area contributed by atoms with E-state index in [2.05, 4.69) is 74.2 Å². The molecule has 2 nitrogen and oxygen atoms in total. The fraction of sp³-hybridized carbons (Fsp3) is 0.400. The highest BCUT2D eigenvalue weighted by molar-refractivity contribution is 5.67. The van der Waals surface area contributed by atoms with Crippen molar-refractivity contribution >= 4 is 0 Å². The van der Waals surface area contributed by atoms with Crippen molar-refractivity contribution in [3.63, 3.8) is 0 Å². The average Bonchev–Trinajstić information content (AvgIpc) is 2.47. The van der Waals surface area contributed by atoms with Gasteiger partial charge in [-0.25, -0.2) is 0 Å². The van der Waals surface area contributed by atoms with Crippen LogP contribution in [0.1, 0.15) is 25.0 Å². The lowest BCUT2D eigenvalue weighted by Gasteiger charge is -2.35. The number of hydrogen-bond acceptors (Lipinski definition) is 2. The van der Waals surface area contributed by atoms with E-state index in [1.54, 1.807) is 0 Å². The van der Waals surface area contributed by atoms with Crippen LogP contribution in [0.5, 0.6) is 0 Å². The zero-order chi connectivity index (χ0) is 15.5. The molecule has 22 heavy (non-hydrogen) atoms. The summed E-state index contributed by atoms with van der Waals surface area (Å²) >= 11 is 0. The van der Waals surface area contributed by atoms with Crippen LogP contribution in [0.15, 0.2) is 48.5 Å². The standard InChI is InChI=1S/C20H25NO/c1-15-9-10-20(18-7-5-4-6-8-18)19(11-15)14-21-12-16(2)22-17(3)13-21/h4-11,16-17H,12-14H2,1-3H3. The SMILES string of the molecule is Cc1ccc(-c2ccccc2)c(CN2CC(C)OC(C)C2)c1. The minimum atomic E-state index is 0.314. The summed E-state index contributed by atoms with van der Waals surface area (Å²) in [4.78, 5) is 2.51. The summed E-state index contributed by atoms with van der Waals surface area (Å²) in [5.74, 6) is 0. The minimum absolute atomic E-state index is 0.314. The Morgan fingerprint density at radius 1 is 1.00 bits per heavy atom. The largest absolute Gasteiger partial charge is 0.373 e. The predicted octanol–water partition coefficient (Wildman–Crippen LogP) is 4.27. The maximum absolute atomic E-state index is 5.85. The third kappa shape index (κ3) is 3.57. The molecule has 2 aromatic rings. The molecule has 0 aromatic heterocycles. The molecule has 0 amide bonds. The van der Waals surface area contributed by atoms with E-state index in [1.165, 1.54) is 22.3 Å². The first-order valence-electron chi connectivity index (χ1n) is 8.14. The van der Waals surface area contributed by atoms with E-state index in [0.717, 1.165) is 19.6 Å². The van der Waals surface area contributed by atoms with E-state index in [4.69, 9.17) is 4.74 Å². The summed E-state index contributed by atoms with van der Waals surface area (Å²) in [6.45, 7) is 9.50. The molecule has 1 heterocycles. The van der Waals surface area contributed by atoms with Gasteiger partial charge in [0.2, 0.25) is 0 Å². The van der Waals surface area contributed by atoms with Crippen LogP contribution in [0.3, 0.4) is 0 Å². The number of nitrogens with zero attached hydrogens (tertiary/aromatic N) is 1. The minimum Gasteiger partial charge on any atom is -0.373 e. The lowest BCUT2D eigenvalue weighted by molar-refractivity contribution is -0.0704. The van der Waals surface area contributed by atoms with Crippen molar-refractivity contribution in [3.8, 4) is 11.1 Å². The second-order valence-electron chi connectivity index (χ2n) is 6.48. The highest BCUT2D eigenvalue weighted by Gasteiger charge is 2.22. The molecule has 0 bridgehead atoms. The van der Waals surface area contributed by atoms with Crippen LogP contribution < -0.4 is 0 Å². The van der Waals surface area contributed by atoms with Crippen LogP contribution in [0.4, 0.5) is 0 Å². The van der Waals surface area contributed by atoms with Gasteiger partial charge in [0.1, 0.15) is 0 Å². The van der Waals surface area contributed by atoms with E-state index in [-0.39, 0.29) is 0 Å². The Kier molecular flexibility index (Phi) is 4.60. The first-order chi connectivity index (χ1) is 10.6. The van der Waals surface area contributed by atoms with Crippen molar-refractivity contribution < 1.29 is 4.74 Å². The predicted molar refractivity (Wildman–Crippen MR) is 91.9 cm³/mol. The third-order valence-electron chi connectivity index (χ3n) is 4.23. The molecule has 2 heteroatoms. The summed E-state index contributed by atoms with van der Waals surface area (Å²) in [6.07, 6.45) is 0.627. The molecule has 1 aliphatic rings. The third-order valence-corrected chi connectivity index (χ3v) is 4.23. The summed E-state index contributed by atoms with van der Waals surface area (Å²) in [6, 6.07) is 17.5. The number of rotatable bonds is 3. The van der Waals surface area contributed by atoms with Gasteiger partial charge in [-0.2, -0.15) is 0 Å². The molecular weight excluding hydrogens is 270 g/mol. The Morgan fingerprint density at radius 3 is 2.36 bits per heavy atom. The molecular formula is C20H25NO. The van der Waals surface area contributed by atoms with Crippen molar-refractivity contribution in [2.45, 2.75) is 39.5 Å². The fourth-order valence-corrected chi connectivity index (χ4v) is 3.41. The lowest BCUT2D eigenvalue weighted by atomic mass is 9.97. The summed E-state index contributed by atoms with van der Waals surface area (Å²) in [5.41, 5.74) is 5.38. The van der Waals surface area contributed by atoms with Crippen LogP contribution in [-0.4, -0.2) is 30.2 Å². The summed E-state index contributed by atoms with van der Waals surface area (Å²) in [7, 11) is 0. The van der Waals surface area contributed by atoms with E-state index < -0.39 is 0 Å². The van der Waals surface area contributed by atoms with Gasteiger partial charge in [-0.05, 0) is 37.5 Å². The van der Waals surface area contributed by atoms with Crippen LogP contribution in [0, 0.1) is 6.92 Å². The van der Waals surface area contributed by atoms with E-state index in [1.807, 2.05) is 0 Å². The molecule has 3 rings (SSSR count). The first-order valence-corrected chi connectivity index (χ1v) is 8.14. The first kappa shape index (κ1) is 15.3. The van der Waals surface area contributed by atoms with Gasteiger partial charge in [0.05, 0.1) is 12.2 Å². The topological polar surface area (TPSA) is 12.5 Å². The second-order valence-corrected chi connectivity index (χ2v) is 6.48. The van der Waals surface area contributed by atoms with E-state index in [0.29, 0.717) is 12.2 Å². The van der Waals surface area contributed by atoms with Crippen LogP contribution in [0.2, 0.25) is 0 Å². The number of benzene rings is 2. The van der Waals surface area contributed by atoms with Crippen molar-refractivity contribution in [1.29, 1.82) is 0 Å². The van der Waals surface area contributed by atoms with Gasteiger partial charge in [0, 0.05) is 19.6 Å². The fourth-order valence-electron chi connectivity index (χ4n) is 3.41. The molecule has 0 N–H and O–H groups in total. The molecule has 1 aliphatic heterocycles. The van der Waals surface area contributed by atoms with Crippen LogP contribution >= 0.6 is 0 Å². The maximum atomic E-state index is 5.85. The van der Waals surface area contributed by atoms with E-state index in [9.17, 15) is 0 Å². The number of aryl methyl sites for hydroxylation is 1. The Balaban J connectivity index is 1.88. The molecule has 116 valence electrons. The normalized spacial score (nSPS) is 22.7. The van der Waals surface area contributed by atoms with Gasteiger partial charge in [-0.3, -0.25) is 4.90 Å². The lowest BCUT2D eigenvalue weighted by Crippen LogP contribution is -2.44. The van der Waals surface area contributed by atoms with E-state index >= 15 is 0 Å². The molecule has 1 fully saturated rings. The Bertz CT molecular complexity index is 613. The highest BCUT2D eigenvalue weighted by Crippen LogP contribution is 2.26. The zero-order valence-corrected chi connectivity index (χ0v) is 13.8. The van der Waals surface area contributed by atoms with Crippen molar-refractivity contribution in [2.24, 2.45) is 0 Å². The summed E-state index contributed by atoms with van der Waals surface area (Å²) < 4.78 is 5.85. The van der Waals surface area contributed by atoms with Gasteiger partial charge in [0.25, 0.3) is 0 Å². The quantitative estimate of drug-likeness (QED) is 0.838. The molecule has 0 spiro atoms. The van der Waals surface area contributed by atoms with Gasteiger partial charge in [-0.1, -0.05) is 54.1 Å². The summed E-state index contributed by atoms with van der Waals surface area (Å²) in [5, 5.41) is 0. The van der Waals surface area contributed by atoms with Crippen molar-refractivity contribution in [3.05, 3.63) is 59.7 Å². The Morgan fingerprint density at radius 2 is 1.68 bits per heavy atom. The van der Waals surface area contributed by atoms with Crippen molar-refractivity contribution in [2.75, 3.05) is 13.1 Å². The second kappa shape index (κ2) is 6.64. The molecule has 0 saturated carbocycles. The number of ether oxygens (including phenoxy) is 1. The molecule has 2 atom stereocenters. The van der Waals surface area contributed by atoms with Crippen LogP contribution in [-0.2, 0) is 11.3 Å². The monoisotopic (exact) mass is 295 g/mol. The van der Waals surface area contributed by atoms with Crippen LogP contribution in [0.25, 0.3) is 11.1 Å². The smallest absolute Gasteiger partial charge is 0.0678 e. The number of hydrogen-bond donors (Lipinski definition) is 0. The number of morpholine rings is 1. The Labute approximate surface area is 133 Å². The van der Waals surface area contributed by atoms with Gasteiger partial charge < -0.3 is 4.74 Å². The average molecular weight is 295 g/mol. The zero-order valence-electron chi connectivity index (χ0n) is 13.8. The molecule has 0 aliphatic carbocycles. The Hall–Kier alpha value is -1.64. The maximum Gasteiger partial charge on any atom is 0.0678 e. The van der Waals surface area contributed by atoms with Crippen molar-refractivity contribution in [1.82, 2.24) is 4.90 Å². The van der Waals surface area contributed by atoms with Gasteiger partial charge >= 0.3 is 0 Å². The van der Waals surface area contributed by atoms with Gasteiger partial charge in [-0.15, -0.1) is 0 Å².